The zero-order valence-electron chi connectivity index (χ0n) is 9.09. The summed E-state index contributed by atoms with van der Waals surface area (Å²) in [5.74, 6) is 1.93. The largest absolute Gasteiger partial charge is 0.384 e. The maximum absolute atomic E-state index is 5.40. The maximum atomic E-state index is 5.40. The number of hydrogen-bond donors (Lipinski definition) is 1. The van der Waals surface area contributed by atoms with Crippen molar-refractivity contribution in [3.05, 3.63) is 0 Å². The summed E-state index contributed by atoms with van der Waals surface area (Å²) in [7, 11) is 1.85. The highest BCUT2D eigenvalue weighted by Crippen LogP contribution is 2.65. The van der Waals surface area contributed by atoms with Gasteiger partial charge in [-0.15, -0.1) is 0 Å². The highest BCUT2D eigenvalue weighted by Gasteiger charge is 2.61. The lowest BCUT2D eigenvalue weighted by molar-refractivity contribution is 0.119. The minimum atomic E-state index is 0.608. The Balaban J connectivity index is 1.50. The van der Waals surface area contributed by atoms with E-state index in [1.807, 2.05) is 7.11 Å². The Kier molecular flexibility index (Phi) is 2.10. The van der Waals surface area contributed by atoms with E-state index in [1.54, 1.807) is 0 Å². The van der Waals surface area contributed by atoms with E-state index in [-0.39, 0.29) is 0 Å². The van der Waals surface area contributed by atoms with Crippen LogP contribution in [0.3, 0.4) is 0 Å². The van der Waals surface area contributed by atoms with Gasteiger partial charge in [-0.1, -0.05) is 0 Å². The molecule has 3 saturated carbocycles. The lowest BCUT2D eigenvalue weighted by Crippen LogP contribution is -2.24. The van der Waals surface area contributed by atoms with Crippen LogP contribution in [0.5, 0.6) is 0 Å². The molecule has 0 bridgehead atoms. The normalized spacial score (nSPS) is 41.4. The Morgan fingerprint density at radius 3 is 2.64 bits per heavy atom. The molecule has 3 rings (SSSR count). The molecule has 0 aromatic heterocycles. The van der Waals surface area contributed by atoms with Gasteiger partial charge in [0.2, 0.25) is 0 Å². The second-order valence-corrected chi connectivity index (χ2v) is 5.52. The third-order valence-corrected chi connectivity index (χ3v) is 4.31. The van der Waals surface area contributed by atoms with E-state index in [0.717, 1.165) is 24.5 Å². The van der Waals surface area contributed by atoms with Gasteiger partial charge < -0.3 is 10.1 Å². The minimum Gasteiger partial charge on any atom is -0.384 e. The molecule has 0 aromatic rings. The van der Waals surface area contributed by atoms with Crippen LogP contribution in [-0.4, -0.2) is 26.3 Å². The predicted molar refractivity (Wildman–Crippen MR) is 56.2 cm³/mol. The van der Waals surface area contributed by atoms with Crippen LogP contribution in [-0.2, 0) is 4.74 Å². The summed E-state index contributed by atoms with van der Waals surface area (Å²) in [4.78, 5) is 0. The number of rotatable bonds is 6. The molecule has 3 aliphatic carbocycles. The van der Waals surface area contributed by atoms with Crippen molar-refractivity contribution in [3.8, 4) is 0 Å². The third-order valence-electron chi connectivity index (χ3n) is 4.31. The summed E-state index contributed by atoms with van der Waals surface area (Å²) in [5, 5.41) is 3.66. The molecule has 3 aliphatic rings. The van der Waals surface area contributed by atoms with Gasteiger partial charge in [0.1, 0.15) is 0 Å². The zero-order valence-corrected chi connectivity index (χ0v) is 9.09. The molecule has 0 aromatic carbocycles. The van der Waals surface area contributed by atoms with Crippen molar-refractivity contribution in [1.29, 1.82) is 0 Å². The predicted octanol–water partition coefficient (Wildman–Crippen LogP) is 1.80. The molecule has 2 nitrogen and oxygen atoms in total. The van der Waals surface area contributed by atoms with Gasteiger partial charge >= 0.3 is 0 Å². The second-order valence-electron chi connectivity index (χ2n) is 5.52. The van der Waals surface area contributed by atoms with E-state index in [9.17, 15) is 0 Å². The monoisotopic (exact) mass is 195 g/mol. The van der Waals surface area contributed by atoms with Gasteiger partial charge in [0.25, 0.3) is 0 Å². The quantitative estimate of drug-likeness (QED) is 0.698. The van der Waals surface area contributed by atoms with Crippen LogP contribution in [0.4, 0.5) is 0 Å². The van der Waals surface area contributed by atoms with Crippen LogP contribution in [0.2, 0.25) is 0 Å². The molecule has 2 heteroatoms. The van der Waals surface area contributed by atoms with Crippen LogP contribution in [0.25, 0.3) is 0 Å². The maximum Gasteiger partial charge on any atom is 0.0524 e. The molecular formula is C12H21NO. The summed E-state index contributed by atoms with van der Waals surface area (Å²) < 4.78 is 5.40. The van der Waals surface area contributed by atoms with E-state index in [1.165, 1.54) is 38.6 Å². The van der Waals surface area contributed by atoms with Crippen molar-refractivity contribution in [2.45, 2.75) is 38.1 Å². The van der Waals surface area contributed by atoms with Crippen LogP contribution < -0.4 is 5.32 Å². The second kappa shape index (κ2) is 3.21. The number of nitrogens with one attached hydrogen (secondary N) is 1. The molecule has 14 heavy (non-hydrogen) atoms. The molecule has 0 saturated heterocycles. The zero-order chi connectivity index (χ0) is 9.60. The Hall–Kier alpha value is -0.0800. The van der Waals surface area contributed by atoms with Gasteiger partial charge in [-0.2, -0.15) is 0 Å². The molecule has 1 N–H and O–H groups in total. The standard InChI is InChI=1S/C12H21NO/c1-14-8-12(9-2-3-9)6-10(12)7-13-11-4-5-11/h9-11,13H,2-8H2,1H3. The fraction of sp³-hybridized carbons (Fsp3) is 1.00. The van der Waals surface area contributed by atoms with Gasteiger partial charge in [-0.3, -0.25) is 0 Å². The molecule has 0 aliphatic heterocycles. The van der Waals surface area contributed by atoms with E-state index >= 15 is 0 Å². The molecule has 0 heterocycles. The Bertz CT molecular complexity index is 222. The summed E-state index contributed by atoms with van der Waals surface area (Å²) in [5.41, 5.74) is 0.608. The van der Waals surface area contributed by atoms with Crippen LogP contribution in [0, 0.1) is 17.3 Å². The lowest BCUT2D eigenvalue weighted by Gasteiger charge is -2.15. The molecule has 80 valence electrons. The fourth-order valence-corrected chi connectivity index (χ4v) is 2.99. The van der Waals surface area contributed by atoms with Gasteiger partial charge in [-0.25, -0.2) is 0 Å². The van der Waals surface area contributed by atoms with Crippen molar-refractivity contribution in [2.24, 2.45) is 17.3 Å². The molecule has 0 spiro atoms. The molecule has 2 unspecified atom stereocenters. The Labute approximate surface area is 86.4 Å². The first-order valence-electron chi connectivity index (χ1n) is 6.07. The minimum absolute atomic E-state index is 0.608. The van der Waals surface area contributed by atoms with Gasteiger partial charge in [0.05, 0.1) is 6.61 Å². The van der Waals surface area contributed by atoms with Gasteiger partial charge in [0, 0.05) is 18.6 Å². The average Bonchev–Trinajstić information content (AvgIpc) is 2.98. The number of ether oxygens (including phenoxy) is 1. The number of hydrogen-bond acceptors (Lipinski definition) is 2. The Morgan fingerprint density at radius 2 is 2.07 bits per heavy atom. The van der Waals surface area contributed by atoms with Crippen molar-refractivity contribution in [3.63, 3.8) is 0 Å². The molecule has 3 fully saturated rings. The fourth-order valence-electron chi connectivity index (χ4n) is 2.99. The first-order chi connectivity index (χ1) is 6.85. The van der Waals surface area contributed by atoms with E-state index in [2.05, 4.69) is 5.32 Å². The highest BCUT2D eigenvalue weighted by molar-refractivity contribution is 5.11. The van der Waals surface area contributed by atoms with Crippen molar-refractivity contribution >= 4 is 0 Å². The van der Waals surface area contributed by atoms with E-state index in [4.69, 9.17) is 4.74 Å². The SMILES string of the molecule is COCC1(C2CC2)CC1CNC1CC1. The van der Waals surface area contributed by atoms with Crippen molar-refractivity contribution < 1.29 is 4.74 Å². The third kappa shape index (κ3) is 1.59. The smallest absolute Gasteiger partial charge is 0.0524 e. The molecule has 0 radical (unpaired) electrons. The summed E-state index contributed by atoms with van der Waals surface area (Å²) in [6, 6.07) is 0.870. The van der Waals surface area contributed by atoms with Gasteiger partial charge in [-0.05, 0) is 50.5 Å². The molecule has 2 atom stereocenters. The average molecular weight is 195 g/mol. The summed E-state index contributed by atoms with van der Waals surface area (Å²) in [6.07, 6.45) is 7.17. The number of methoxy groups -OCH3 is 1. The summed E-state index contributed by atoms with van der Waals surface area (Å²) >= 11 is 0. The summed E-state index contributed by atoms with van der Waals surface area (Å²) in [6.45, 7) is 2.26. The molecular weight excluding hydrogens is 174 g/mol. The van der Waals surface area contributed by atoms with Crippen LogP contribution in [0.1, 0.15) is 32.1 Å². The van der Waals surface area contributed by atoms with E-state index < -0.39 is 0 Å². The highest BCUT2D eigenvalue weighted by atomic mass is 16.5. The molecule has 0 amide bonds. The Morgan fingerprint density at radius 1 is 1.29 bits per heavy atom. The topological polar surface area (TPSA) is 21.3 Å². The van der Waals surface area contributed by atoms with Crippen LogP contribution in [0.15, 0.2) is 0 Å². The lowest BCUT2D eigenvalue weighted by atomic mass is 9.98. The van der Waals surface area contributed by atoms with Crippen molar-refractivity contribution in [2.75, 3.05) is 20.3 Å². The van der Waals surface area contributed by atoms with E-state index in [0.29, 0.717) is 5.41 Å². The van der Waals surface area contributed by atoms with Crippen LogP contribution >= 0.6 is 0 Å². The first-order valence-corrected chi connectivity index (χ1v) is 6.07. The van der Waals surface area contributed by atoms with Gasteiger partial charge in [0.15, 0.2) is 0 Å². The first kappa shape index (κ1) is 9.17. The van der Waals surface area contributed by atoms with Crippen molar-refractivity contribution in [1.82, 2.24) is 5.32 Å².